The van der Waals surface area contributed by atoms with Crippen LogP contribution in [0.1, 0.15) is 36.0 Å². The Kier molecular flexibility index (Phi) is 4.79. The molecule has 5 nitrogen and oxygen atoms in total. The Morgan fingerprint density at radius 2 is 1.67 bits per heavy atom. The molecule has 1 amide bonds. The average molecular weight is 325 g/mol. The van der Waals surface area contributed by atoms with Crippen LogP contribution < -0.4 is 9.64 Å². The van der Waals surface area contributed by atoms with E-state index in [0.29, 0.717) is 30.0 Å². The summed E-state index contributed by atoms with van der Waals surface area (Å²) in [6, 6.07) is 14.7. The molecule has 1 heterocycles. The molecule has 0 bridgehead atoms. The second-order valence-electron chi connectivity index (χ2n) is 5.73. The third kappa shape index (κ3) is 3.40. The maximum Gasteiger partial charge on any atom is 0.303 e. The second kappa shape index (κ2) is 7.17. The fourth-order valence-corrected chi connectivity index (χ4v) is 2.82. The standard InChI is InChI=1S/C19H19NO4/c21-18(22)12-2-1-7-13-20-15-9-4-6-11-17(15)24-16-10-5-3-8-14(16)19(20)23/h3-6,8-11H,1-2,7,12-13H2,(H,21,22). The van der Waals surface area contributed by atoms with Gasteiger partial charge in [0.25, 0.3) is 5.91 Å². The van der Waals surface area contributed by atoms with Crippen molar-refractivity contribution in [1.29, 1.82) is 0 Å². The average Bonchev–Trinajstić information content (AvgIpc) is 2.69. The summed E-state index contributed by atoms with van der Waals surface area (Å²) in [5, 5.41) is 8.70. The van der Waals surface area contributed by atoms with E-state index in [1.807, 2.05) is 36.4 Å². The van der Waals surface area contributed by atoms with E-state index < -0.39 is 5.97 Å². The van der Waals surface area contributed by atoms with E-state index in [1.54, 1.807) is 17.0 Å². The minimum Gasteiger partial charge on any atom is -0.481 e. The molecule has 24 heavy (non-hydrogen) atoms. The number of nitrogens with zero attached hydrogens (tertiary/aromatic N) is 1. The summed E-state index contributed by atoms with van der Waals surface area (Å²) in [6.45, 7) is 0.535. The van der Waals surface area contributed by atoms with E-state index >= 15 is 0 Å². The molecule has 0 spiro atoms. The van der Waals surface area contributed by atoms with Crippen molar-refractivity contribution in [2.24, 2.45) is 0 Å². The number of para-hydroxylation sites is 3. The van der Waals surface area contributed by atoms with Gasteiger partial charge in [0.05, 0.1) is 11.3 Å². The number of rotatable bonds is 6. The van der Waals surface area contributed by atoms with Gasteiger partial charge in [-0.15, -0.1) is 0 Å². The van der Waals surface area contributed by atoms with Crippen LogP contribution in [0.2, 0.25) is 0 Å². The van der Waals surface area contributed by atoms with Gasteiger partial charge in [-0.3, -0.25) is 9.59 Å². The zero-order valence-corrected chi connectivity index (χ0v) is 13.3. The van der Waals surface area contributed by atoms with Crippen LogP contribution in [0.4, 0.5) is 5.69 Å². The highest BCUT2D eigenvalue weighted by Crippen LogP contribution is 2.38. The minimum atomic E-state index is -0.784. The number of fused-ring (bicyclic) bond motifs is 2. The Labute approximate surface area is 140 Å². The number of anilines is 1. The van der Waals surface area contributed by atoms with Crippen LogP contribution in [0.5, 0.6) is 11.5 Å². The summed E-state index contributed by atoms with van der Waals surface area (Å²) >= 11 is 0. The summed E-state index contributed by atoms with van der Waals surface area (Å²) in [7, 11) is 0. The first-order chi connectivity index (χ1) is 11.7. The Bertz CT molecular complexity index is 757. The molecular weight excluding hydrogens is 306 g/mol. The maximum atomic E-state index is 12.9. The first-order valence-electron chi connectivity index (χ1n) is 8.06. The van der Waals surface area contributed by atoms with Gasteiger partial charge in [-0.1, -0.05) is 30.7 Å². The third-order valence-electron chi connectivity index (χ3n) is 4.01. The fourth-order valence-electron chi connectivity index (χ4n) is 2.82. The number of benzene rings is 2. The molecule has 2 aromatic rings. The number of carboxylic acids is 1. The molecule has 124 valence electrons. The summed E-state index contributed by atoms with van der Waals surface area (Å²) in [6.07, 6.45) is 2.29. The van der Waals surface area contributed by atoms with Gasteiger partial charge in [0.2, 0.25) is 0 Å². The van der Waals surface area contributed by atoms with E-state index in [0.717, 1.165) is 18.5 Å². The molecule has 5 heteroatoms. The topological polar surface area (TPSA) is 66.8 Å². The van der Waals surface area contributed by atoms with Gasteiger partial charge in [-0.05, 0) is 37.1 Å². The number of amides is 1. The van der Waals surface area contributed by atoms with E-state index in [1.165, 1.54) is 0 Å². The lowest BCUT2D eigenvalue weighted by atomic mass is 10.1. The van der Waals surface area contributed by atoms with Crippen LogP contribution in [0.3, 0.4) is 0 Å². The number of carbonyl (C=O) groups is 2. The summed E-state index contributed by atoms with van der Waals surface area (Å²) in [5.74, 6) is 0.340. The molecule has 0 atom stereocenters. The molecule has 3 rings (SSSR count). The summed E-state index contributed by atoms with van der Waals surface area (Å²) in [4.78, 5) is 25.2. The minimum absolute atomic E-state index is 0.0891. The number of ether oxygens (including phenoxy) is 1. The molecule has 0 aliphatic carbocycles. The van der Waals surface area contributed by atoms with Gasteiger partial charge in [0.15, 0.2) is 5.75 Å². The Balaban J connectivity index is 1.81. The zero-order valence-electron chi connectivity index (χ0n) is 13.3. The van der Waals surface area contributed by atoms with E-state index in [2.05, 4.69) is 0 Å². The SMILES string of the molecule is O=C(O)CCCCCN1C(=O)c2ccccc2Oc2ccccc21. The first kappa shape index (κ1) is 16.1. The molecule has 2 aromatic carbocycles. The largest absolute Gasteiger partial charge is 0.481 e. The number of hydrogen-bond donors (Lipinski definition) is 1. The monoisotopic (exact) mass is 325 g/mol. The van der Waals surface area contributed by atoms with E-state index in [9.17, 15) is 9.59 Å². The number of aliphatic carboxylic acids is 1. The lowest BCUT2D eigenvalue weighted by molar-refractivity contribution is -0.137. The van der Waals surface area contributed by atoms with Crippen LogP contribution in [-0.2, 0) is 4.79 Å². The highest BCUT2D eigenvalue weighted by atomic mass is 16.5. The van der Waals surface area contributed by atoms with Crippen molar-refractivity contribution in [1.82, 2.24) is 0 Å². The van der Waals surface area contributed by atoms with Gasteiger partial charge in [0.1, 0.15) is 5.75 Å². The number of unbranched alkanes of at least 4 members (excludes halogenated alkanes) is 2. The van der Waals surface area contributed by atoms with Crippen molar-refractivity contribution in [3.8, 4) is 11.5 Å². The fraction of sp³-hybridized carbons (Fsp3) is 0.263. The summed E-state index contributed by atoms with van der Waals surface area (Å²) < 4.78 is 5.92. The second-order valence-corrected chi connectivity index (χ2v) is 5.73. The van der Waals surface area contributed by atoms with Crippen LogP contribution >= 0.6 is 0 Å². The molecular formula is C19H19NO4. The van der Waals surface area contributed by atoms with Crippen molar-refractivity contribution in [2.75, 3.05) is 11.4 Å². The Morgan fingerprint density at radius 3 is 2.46 bits per heavy atom. The van der Waals surface area contributed by atoms with Crippen LogP contribution in [0.25, 0.3) is 0 Å². The van der Waals surface area contributed by atoms with Crippen molar-refractivity contribution in [3.05, 3.63) is 54.1 Å². The summed E-state index contributed by atoms with van der Waals surface area (Å²) in [5.41, 5.74) is 1.29. The Hall–Kier alpha value is -2.82. The number of hydrogen-bond acceptors (Lipinski definition) is 3. The smallest absolute Gasteiger partial charge is 0.303 e. The lowest BCUT2D eigenvalue weighted by Crippen LogP contribution is -2.31. The quantitative estimate of drug-likeness (QED) is 0.813. The van der Waals surface area contributed by atoms with Crippen LogP contribution in [0, 0.1) is 0 Å². The van der Waals surface area contributed by atoms with Crippen LogP contribution in [0.15, 0.2) is 48.5 Å². The highest BCUT2D eigenvalue weighted by Gasteiger charge is 2.27. The van der Waals surface area contributed by atoms with Gasteiger partial charge in [0, 0.05) is 13.0 Å². The van der Waals surface area contributed by atoms with Crippen LogP contribution in [-0.4, -0.2) is 23.5 Å². The predicted octanol–water partition coefficient (Wildman–Crippen LogP) is 4.08. The normalized spacial score (nSPS) is 12.8. The molecule has 0 fully saturated rings. The van der Waals surface area contributed by atoms with Crippen molar-refractivity contribution >= 4 is 17.6 Å². The van der Waals surface area contributed by atoms with Gasteiger partial charge >= 0.3 is 5.97 Å². The van der Waals surface area contributed by atoms with E-state index in [-0.39, 0.29) is 12.3 Å². The van der Waals surface area contributed by atoms with Crippen molar-refractivity contribution < 1.29 is 19.4 Å². The molecule has 1 aliphatic rings. The van der Waals surface area contributed by atoms with Crippen molar-refractivity contribution in [2.45, 2.75) is 25.7 Å². The van der Waals surface area contributed by atoms with Crippen molar-refractivity contribution in [3.63, 3.8) is 0 Å². The molecule has 0 saturated carbocycles. The van der Waals surface area contributed by atoms with Gasteiger partial charge < -0.3 is 14.7 Å². The third-order valence-corrected chi connectivity index (χ3v) is 4.01. The lowest BCUT2D eigenvalue weighted by Gasteiger charge is -2.22. The Morgan fingerprint density at radius 1 is 0.958 bits per heavy atom. The number of carbonyl (C=O) groups excluding carboxylic acids is 1. The van der Waals surface area contributed by atoms with E-state index in [4.69, 9.17) is 9.84 Å². The van der Waals surface area contributed by atoms with Gasteiger partial charge in [-0.2, -0.15) is 0 Å². The molecule has 0 saturated heterocycles. The molecule has 0 unspecified atom stereocenters. The molecule has 0 radical (unpaired) electrons. The number of carboxylic acid groups (broad SMARTS) is 1. The molecule has 1 aliphatic heterocycles. The van der Waals surface area contributed by atoms with Gasteiger partial charge in [-0.25, -0.2) is 0 Å². The highest BCUT2D eigenvalue weighted by molar-refractivity contribution is 6.09. The zero-order chi connectivity index (χ0) is 16.9. The maximum absolute atomic E-state index is 12.9. The first-order valence-corrected chi connectivity index (χ1v) is 8.06. The predicted molar refractivity (Wildman–Crippen MR) is 90.7 cm³/mol. The molecule has 1 N–H and O–H groups in total. The molecule has 0 aromatic heterocycles.